The molecule has 0 atom stereocenters. The molecular formula is C33H32N4O2S. The van der Waals surface area contributed by atoms with Gasteiger partial charge >= 0.3 is 5.97 Å². The molecule has 5 rings (SSSR count). The topological polar surface area (TPSA) is 76.1 Å². The van der Waals surface area contributed by atoms with Crippen LogP contribution in [0.4, 0.5) is 17.5 Å². The number of benzene rings is 4. The molecule has 0 aliphatic rings. The molecule has 0 amide bonds. The maximum atomic E-state index is 11.4. The average molecular weight is 549 g/mol. The summed E-state index contributed by atoms with van der Waals surface area (Å²) in [7, 11) is 0. The van der Waals surface area contributed by atoms with E-state index in [1.54, 1.807) is 11.8 Å². The lowest BCUT2D eigenvalue weighted by atomic mass is 10.0. The molecule has 0 aliphatic heterocycles. The van der Waals surface area contributed by atoms with Crippen LogP contribution in [-0.2, 0) is 22.7 Å². The van der Waals surface area contributed by atoms with Gasteiger partial charge in [-0.3, -0.25) is 4.79 Å². The molecule has 5 aromatic rings. The van der Waals surface area contributed by atoms with Gasteiger partial charge < -0.3 is 15.4 Å². The van der Waals surface area contributed by atoms with E-state index in [9.17, 15) is 4.79 Å². The van der Waals surface area contributed by atoms with Crippen LogP contribution in [0.1, 0.15) is 43.4 Å². The highest BCUT2D eigenvalue weighted by atomic mass is 32.2. The summed E-state index contributed by atoms with van der Waals surface area (Å²) in [6.45, 7) is 6.61. The van der Waals surface area contributed by atoms with Crippen LogP contribution in [0, 0.1) is 0 Å². The average Bonchev–Trinajstić information content (AvgIpc) is 2.96. The molecule has 0 unspecified atom stereocenters. The first kappa shape index (κ1) is 27.2. The molecule has 40 heavy (non-hydrogen) atoms. The second-order valence-electron chi connectivity index (χ2n) is 9.73. The van der Waals surface area contributed by atoms with Crippen molar-refractivity contribution in [3.8, 4) is 0 Å². The predicted octanol–water partition coefficient (Wildman–Crippen LogP) is 8.32. The Labute approximate surface area is 239 Å². The summed E-state index contributed by atoms with van der Waals surface area (Å²) in [6.07, 6.45) is 0. The van der Waals surface area contributed by atoms with Gasteiger partial charge in [-0.1, -0.05) is 92.3 Å². The number of para-hydroxylation sites is 2. The first-order chi connectivity index (χ1) is 19.5. The molecule has 2 N–H and O–H groups in total. The van der Waals surface area contributed by atoms with E-state index in [1.807, 2.05) is 66.7 Å². The molecular weight excluding hydrogens is 516 g/mol. The highest BCUT2D eigenvalue weighted by molar-refractivity contribution is 7.99. The van der Waals surface area contributed by atoms with Crippen LogP contribution in [0.15, 0.2) is 107 Å². The highest BCUT2D eigenvalue weighted by Crippen LogP contribution is 2.34. The molecule has 1 aromatic heterocycles. The molecule has 0 radical (unpaired) electrons. The minimum Gasteiger partial charge on any atom is -0.461 e. The van der Waals surface area contributed by atoms with Crippen molar-refractivity contribution < 1.29 is 9.53 Å². The van der Waals surface area contributed by atoms with Crippen LogP contribution in [0.25, 0.3) is 10.9 Å². The van der Waals surface area contributed by atoms with Crippen LogP contribution in [0.3, 0.4) is 0 Å². The Kier molecular flexibility index (Phi) is 8.62. The number of rotatable bonds is 10. The molecule has 1 heterocycles. The number of nitrogens with one attached hydrogen (secondary N) is 2. The number of carbonyl (C=O) groups excluding carboxylic acids is 1. The zero-order chi connectivity index (χ0) is 27.9. The second-order valence-corrected chi connectivity index (χ2v) is 10.8. The fourth-order valence-electron chi connectivity index (χ4n) is 4.44. The van der Waals surface area contributed by atoms with Crippen LogP contribution < -0.4 is 10.6 Å². The third kappa shape index (κ3) is 6.61. The normalized spacial score (nSPS) is 11.0. The van der Waals surface area contributed by atoms with E-state index in [-0.39, 0.29) is 12.6 Å². The lowest BCUT2D eigenvalue weighted by molar-refractivity contribution is -0.142. The highest BCUT2D eigenvalue weighted by Gasteiger charge is 2.13. The van der Waals surface area contributed by atoms with Gasteiger partial charge in [0.05, 0.1) is 5.52 Å². The third-order valence-electron chi connectivity index (χ3n) is 6.47. The second kappa shape index (κ2) is 12.7. The lowest BCUT2D eigenvalue weighted by Gasteiger charge is -2.17. The Morgan fingerprint density at radius 2 is 1.48 bits per heavy atom. The van der Waals surface area contributed by atoms with Gasteiger partial charge in [0.15, 0.2) is 0 Å². The van der Waals surface area contributed by atoms with Crippen molar-refractivity contribution >= 4 is 46.1 Å². The van der Waals surface area contributed by atoms with Gasteiger partial charge in [0.25, 0.3) is 0 Å². The van der Waals surface area contributed by atoms with Gasteiger partial charge in [-0.2, -0.15) is 4.98 Å². The van der Waals surface area contributed by atoms with Crippen molar-refractivity contribution in [2.75, 3.05) is 10.6 Å². The molecule has 0 saturated heterocycles. The van der Waals surface area contributed by atoms with Gasteiger partial charge in [-0.25, -0.2) is 4.98 Å². The number of anilines is 3. The van der Waals surface area contributed by atoms with Gasteiger partial charge in [0.2, 0.25) is 5.95 Å². The first-order valence-electron chi connectivity index (χ1n) is 13.3. The lowest BCUT2D eigenvalue weighted by Crippen LogP contribution is -2.07. The van der Waals surface area contributed by atoms with Crippen LogP contribution in [0.5, 0.6) is 0 Å². The Morgan fingerprint density at radius 1 is 0.825 bits per heavy atom. The van der Waals surface area contributed by atoms with Crippen LogP contribution >= 0.6 is 11.8 Å². The zero-order valence-electron chi connectivity index (χ0n) is 22.8. The van der Waals surface area contributed by atoms with Gasteiger partial charge in [-0.05, 0) is 47.4 Å². The predicted molar refractivity (Wildman–Crippen MR) is 163 cm³/mol. The Morgan fingerprint density at radius 3 is 2.25 bits per heavy atom. The van der Waals surface area contributed by atoms with E-state index in [4.69, 9.17) is 14.7 Å². The molecule has 6 nitrogen and oxygen atoms in total. The summed E-state index contributed by atoms with van der Waals surface area (Å²) in [5.41, 5.74) is 5.24. The van der Waals surface area contributed by atoms with Gasteiger partial charge in [-0.15, -0.1) is 0 Å². The van der Waals surface area contributed by atoms with Crippen molar-refractivity contribution in [3.63, 3.8) is 0 Å². The summed E-state index contributed by atoms with van der Waals surface area (Å²) in [6, 6.07) is 32.6. The Hall–Kier alpha value is -4.36. The summed E-state index contributed by atoms with van der Waals surface area (Å²) < 4.78 is 5.26. The van der Waals surface area contributed by atoms with E-state index < -0.39 is 0 Å². The molecule has 0 bridgehead atoms. The summed E-state index contributed by atoms with van der Waals surface area (Å²) >= 11 is 1.65. The number of hydrogen-bond donors (Lipinski definition) is 2. The number of fused-ring (bicyclic) bond motifs is 1. The third-order valence-corrected chi connectivity index (χ3v) is 7.71. The molecule has 0 fully saturated rings. The molecule has 202 valence electrons. The number of aromatic nitrogens is 2. The smallest absolute Gasteiger partial charge is 0.302 e. The summed E-state index contributed by atoms with van der Waals surface area (Å²) in [5.74, 6) is 1.41. The number of esters is 1. The van der Waals surface area contributed by atoms with E-state index in [0.29, 0.717) is 18.4 Å². The number of ether oxygens (including phenoxy) is 1. The summed E-state index contributed by atoms with van der Waals surface area (Å²) in [4.78, 5) is 23.2. The Balaban J connectivity index is 1.40. The monoisotopic (exact) mass is 548 g/mol. The molecule has 7 heteroatoms. The fraction of sp³-hybridized carbons (Fsp3) is 0.182. The molecule has 0 spiro atoms. The van der Waals surface area contributed by atoms with Crippen molar-refractivity contribution in [3.05, 3.63) is 114 Å². The number of nitrogens with zero attached hydrogens (tertiary/aromatic N) is 2. The van der Waals surface area contributed by atoms with E-state index in [0.717, 1.165) is 43.3 Å². The summed E-state index contributed by atoms with van der Waals surface area (Å²) in [5, 5.41) is 7.99. The SMILES string of the molecule is CC(=O)OCc1ccccc1Sc1ccccc1CNc1nc(Nc2ccccc2C(C)C)c2ccccc2n1. The quantitative estimate of drug-likeness (QED) is 0.170. The maximum Gasteiger partial charge on any atom is 0.302 e. The van der Waals surface area contributed by atoms with E-state index >= 15 is 0 Å². The van der Waals surface area contributed by atoms with Gasteiger partial charge in [0, 0.05) is 39.9 Å². The van der Waals surface area contributed by atoms with E-state index in [1.165, 1.54) is 12.5 Å². The first-order valence-corrected chi connectivity index (χ1v) is 14.1. The van der Waals surface area contributed by atoms with Crippen molar-refractivity contribution in [2.45, 2.75) is 49.6 Å². The van der Waals surface area contributed by atoms with E-state index in [2.05, 4.69) is 54.8 Å². The minimum absolute atomic E-state index is 0.250. The van der Waals surface area contributed by atoms with Gasteiger partial charge in [0.1, 0.15) is 12.4 Å². The van der Waals surface area contributed by atoms with Crippen molar-refractivity contribution in [1.29, 1.82) is 0 Å². The standard InChI is InChI=1S/C33H32N4O2S/c1-22(2)26-14-6-8-16-28(26)35-32-27-15-7-9-17-29(27)36-33(37-32)34-20-24-12-4-10-18-30(24)40-31-19-11-5-13-25(31)21-39-23(3)38/h4-19,22H,20-21H2,1-3H3,(H2,34,35,36,37). The fourth-order valence-corrected chi connectivity index (χ4v) is 5.50. The van der Waals surface area contributed by atoms with Crippen LogP contribution in [0.2, 0.25) is 0 Å². The van der Waals surface area contributed by atoms with Crippen molar-refractivity contribution in [2.24, 2.45) is 0 Å². The molecule has 4 aromatic carbocycles. The zero-order valence-corrected chi connectivity index (χ0v) is 23.7. The Bertz CT molecular complexity index is 1640. The largest absolute Gasteiger partial charge is 0.461 e. The molecule has 0 saturated carbocycles. The maximum absolute atomic E-state index is 11.4. The number of carbonyl (C=O) groups is 1. The van der Waals surface area contributed by atoms with Crippen molar-refractivity contribution in [1.82, 2.24) is 9.97 Å². The molecule has 0 aliphatic carbocycles. The van der Waals surface area contributed by atoms with Crippen LogP contribution in [-0.4, -0.2) is 15.9 Å². The number of hydrogen-bond acceptors (Lipinski definition) is 7. The minimum atomic E-state index is -0.290.